The summed E-state index contributed by atoms with van der Waals surface area (Å²) in [6.07, 6.45) is 0. The first-order valence-electron chi connectivity index (χ1n) is 5.59. The lowest BCUT2D eigenvalue weighted by molar-refractivity contribution is 0.416. The molecule has 0 aliphatic rings. The van der Waals surface area contributed by atoms with Crippen LogP contribution in [0, 0.1) is 12.3 Å². The van der Waals surface area contributed by atoms with Crippen molar-refractivity contribution < 1.29 is 0 Å². The molecule has 0 aliphatic heterocycles. The van der Waals surface area contributed by atoms with Gasteiger partial charge in [0.25, 0.3) is 0 Å². The second kappa shape index (κ2) is 5.63. The number of nitrogens with two attached hydrogens (primary N) is 1. The lowest BCUT2D eigenvalue weighted by atomic mass is 10.2. The Kier molecular flexibility index (Phi) is 4.45. The van der Waals surface area contributed by atoms with E-state index in [0.29, 0.717) is 0 Å². The number of hydrogen-bond acceptors (Lipinski definition) is 4. The van der Waals surface area contributed by atoms with Crippen LogP contribution in [0.25, 0.3) is 0 Å². The Morgan fingerprint density at radius 3 is 2.47 bits per heavy atom. The van der Waals surface area contributed by atoms with E-state index in [1.807, 2.05) is 40.2 Å². The molecule has 17 heavy (non-hydrogen) atoms. The normalized spacial score (nSPS) is 10.6. The van der Waals surface area contributed by atoms with E-state index in [2.05, 4.69) is 14.8 Å². The summed E-state index contributed by atoms with van der Waals surface area (Å²) in [4.78, 5) is 8.64. The number of aryl methyl sites for hydroxylation is 1. The summed E-state index contributed by atoms with van der Waals surface area (Å²) in [5, 5.41) is 7.46. The van der Waals surface area contributed by atoms with Crippen LogP contribution < -0.4 is 10.6 Å². The van der Waals surface area contributed by atoms with E-state index in [1.165, 1.54) is 0 Å². The van der Waals surface area contributed by atoms with Gasteiger partial charge in [-0.2, -0.15) is 0 Å². The van der Waals surface area contributed by atoms with Gasteiger partial charge in [-0.15, -0.1) is 0 Å². The summed E-state index contributed by atoms with van der Waals surface area (Å²) in [5.41, 5.74) is 7.11. The van der Waals surface area contributed by atoms with Crippen molar-refractivity contribution in [1.29, 1.82) is 5.41 Å². The average molecular weight is 235 g/mol. The molecule has 1 aromatic heterocycles. The monoisotopic (exact) mass is 235 g/mol. The van der Waals surface area contributed by atoms with E-state index in [9.17, 15) is 0 Å². The number of likely N-dealkylation sites (N-methyl/N-ethyl adjacent to an activating group) is 2. The third-order valence-electron chi connectivity index (χ3n) is 2.52. The Morgan fingerprint density at radius 1 is 1.29 bits per heavy atom. The van der Waals surface area contributed by atoms with E-state index in [0.717, 1.165) is 30.2 Å². The van der Waals surface area contributed by atoms with E-state index in [1.54, 1.807) is 0 Å². The summed E-state index contributed by atoms with van der Waals surface area (Å²) in [5.74, 6) is 0.940. The van der Waals surface area contributed by atoms with Crippen LogP contribution in [-0.4, -0.2) is 50.0 Å². The van der Waals surface area contributed by atoms with Crippen molar-refractivity contribution in [3.05, 3.63) is 23.4 Å². The van der Waals surface area contributed by atoms with Crippen molar-refractivity contribution in [2.24, 2.45) is 5.73 Å². The SMILES string of the molecule is Cc1cc(C(=N)N)cc(N(C)CCN(C)C)n1. The summed E-state index contributed by atoms with van der Waals surface area (Å²) in [6.45, 7) is 3.76. The van der Waals surface area contributed by atoms with Gasteiger partial charge in [-0.3, -0.25) is 5.41 Å². The third kappa shape index (κ3) is 4.03. The molecule has 0 spiro atoms. The molecule has 1 aromatic rings. The molecule has 1 heterocycles. The van der Waals surface area contributed by atoms with Crippen molar-refractivity contribution >= 4 is 11.7 Å². The number of pyridine rings is 1. The second-order valence-corrected chi connectivity index (χ2v) is 4.49. The number of amidine groups is 1. The molecule has 0 radical (unpaired) electrons. The number of rotatable bonds is 5. The molecule has 0 atom stereocenters. The fourth-order valence-electron chi connectivity index (χ4n) is 1.47. The lowest BCUT2D eigenvalue weighted by Crippen LogP contribution is -2.29. The van der Waals surface area contributed by atoms with Crippen molar-refractivity contribution in [3.8, 4) is 0 Å². The first-order valence-corrected chi connectivity index (χ1v) is 5.59. The zero-order valence-electron chi connectivity index (χ0n) is 11.0. The van der Waals surface area contributed by atoms with Crippen LogP contribution in [-0.2, 0) is 0 Å². The maximum absolute atomic E-state index is 7.46. The lowest BCUT2D eigenvalue weighted by Gasteiger charge is -2.21. The molecule has 0 saturated heterocycles. The molecule has 0 aliphatic carbocycles. The first kappa shape index (κ1) is 13.4. The molecule has 5 heteroatoms. The Balaban J connectivity index is 2.86. The third-order valence-corrected chi connectivity index (χ3v) is 2.52. The Morgan fingerprint density at radius 2 is 1.94 bits per heavy atom. The van der Waals surface area contributed by atoms with Crippen LogP contribution in [0.15, 0.2) is 12.1 Å². The number of nitrogen functional groups attached to an aromatic ring is 1. The summed E-state index contributed by atoms with van der Waals surface area (Å²) in [6, 6.07) is 3.68. The minimum atomic E-state index is 0.0813. The van der Waals surface area contributed by atoms with Gasteiger partial charge in [-0.25, -0.2) is 4.98 Å². The minimum absolute atomic E-state index is 0.0813. The van der Waals surface area contributed by atoms with Gasteiger partial charge in [-0.1, -0.05) is 0 Å². The molecule has 0 bridgehead atoms. The standard InChI is InChI=1S/C12H21N5/c1-9-7-10(12(13)14)8-11(15-9)17(4)6-5-16(2)3/h7-8H,5-6H2,1-4H3,(H3,13,14). The molecule has 0 unspecified atom stereocenters. The number of hydrogen-bond donors (Lipinski definition) is 2. The molecule has 0 aromatic carbocycles. The van der Waals surface area contributed by atoms with Gasteiger partial charge >= 0.3 is 0 Å². The quantitative estimate of drug-likeness (QED) is 0.581. The molecular formula is C12H21N5. The first-order chi connectivity index (χ1) is 7.90. The highest BCUT2D eigenvalue weighted by Crippen LogP contribution is 2.13. The van der Waals surface area contributed by atoms with Crippen LogP contribution in [0.4, 0.5) is 5.82 Å². The van der Waals surface area contributed by atoms with E-state index in [-0.39, 0.29) is 5.84 Å². The van der Waals surface area contributed by atoms with Gasteiger partial charge in [0, 0.05) is 31.4 Å². The van der Waals surface area contributed by atoms with Gasteiger partial charge in [0.1, 0.15) is 11.7 Å². The molecule has 3 N–H and O–H groups in total. The molecule has 94 valence electrons. The zero-order chi connectivity index (χ0) is 13.0. The Labute approximate surface area is 103 Å². The Bertz CT molecular complexity index is 400. The summed E-state index contributed by atoms with van der Waals surface area (Å²) < 4.78 is 0. The topological polar surface area (TPSA) is 69.2 Å². The van der Waals surface area contributed by atoms with Gasteiger partial charge in [0.05, 0.1) is 0 Å². The highest BCUT2D eigenvalue weighted by molar-refractivity contribution is 5.95. The van der Waals surface area contributed by atoms with Crippen molar-refractivity contribution in [2.75, 3.05) is 39.1 Å². The van der Waals surface area contributed by atoms with Crippen molar-refractivity contribution in [3.63, 3.8) is 0 Å². The number of anilines is 1. The highest BCUT2D eigenvalue weighted by Gasteiger charge is 2.07. The number of nitrogens with zero attached hydrogens (tertiary/aromatic N) is 3. The van der Waals surface area contributed by atoms with Gasteiger partial charge < -0.3 is 15.5 Å². The van der Waals surface area contributed by atoms with E-state index < -0.39 is 0 Å². The molecule has 0 amide bonds. The Hall–Kier alpha value is -1.62. The molecule has 0 saturated carbocycles. The summed E-state index contributed by atoms with van der Waals surface area (Å²) >= 11 is 0. The fraction of sp³-hybridized carbons (Fsp3) is 0.500. The minimum Gasteiger partial charge on any atom is -0.384 e. The van der Waals surface area contributed by atoms with Crippen LogP contribution in [0.5, 0.6) is 0 Å². The van der Waals surface area contributed by atoms with Crippen molar-refractivity contribution in [2.45, 2.75) is 6.92 Å². The van der Waals surface area contributed by atoms with Crippen LogP contribution in [0.2, 0.25) is 0 Å². The maximum atomic E-state index is 7.46. The average Bonchev–Trinajstić information content (AvgIpc) is 2.24. The second-order valence-electron chi connectivity index (χ2n) is 4.49. The predicted octanol–water partition coefficient (Wildman–Crippen LogP) is 0.672. The fourth-order valence-corrected chi connectivity index (χ4v) is 1.47. The molecule has 5 nitrogen and oxygen atoms in total. The van der Waals surface area contributed by atoms with Gasteiger partial charge in [0.2, 0.25) is 0 Å². The molecule has 0 fully saturated rings. The van der Waals surface area contributed by atoms with E-state index >= 15 is 0 Å². The van der Waals surface area contributed by atoms with E-state index in [4.69, 9.17) is 11.1 Å². The van der Waals surface area contributed by atoms with Crippen molar-refractivity contribution in [1.82, 2.24) is 9.88 Å². The summed E-state index contributed by atoms with van der Waals surface area (Å²) in [7, 11) is 6.08. The highest BCUT2D eigenvalue weighted by atomic mass is 15.2. The van der Waals surface area contributed by atoms with Crippen LogP contribution in [0.3, 0.4) is 0 Å². The van der Waals surface area contributed by atoms with Crippen LogP contribution >= 0.6 is 0 Å². The maximum Gasteiger partial charge on any atom is 0.129 e. The van der Waals surface area contributed by atoms with Gasteiger partial charge in [-0.05, 0) is 33.2 Å². The largest absolute Gasteiger partial charge is 0.384 e. The predicted molar refractivity (Wildman–Crippen MR) is 71.8 cm³/mol. The molecule has 1 rings (SSSR count). The molecular weight excluding hydrogens is 214 g/mol. The smallest absolute Gasteiger partial charge is 0.129 e. The van der Waals surface area contributed by atoms with Crippen LogP contribution in [0.1, 0.15) is 11.3 Å². The number of nitrogens with one attached hydrogen (secondary N) is 1. The number of aromatic nitrogens is 1. The zero-order valence-corrected chi connectivity index (χ0v) is 11.0. The van der Waals surface area contributed by atoms with Gasteiger partial charge in [0.15, 0.2) is 0 Å².